The highest BCUT2D eigenvalue weighted by Gasteiger charge is 2.12. The first-order chi connectivity index (χ1) is 12.3. The second-order valence-electron chi connectivity index (χ2n) is 6.34. The van der Waals surface area contributed by atoms with Crippen LogP contribution < -0.4 is 10.1 Å². The molecule has 5 nitrogen and oxygen atoms in total. The third kappa shape index (κ3) is 3.65. The Bertz CT molecular complexity index is 868. The highest BCUT2D eigenvalue weighted by Crippen LogP contribution is 2.26. The molecule has 2 heterocycles. The van der Waals surface area contributed by atoms with Crippen LogP contribution in [0.5, 0.6) is 5.75 Å². The molecule has 1 aliphatic rings. The highest BCUT2D eigenvalue weighted by molar-refractivity contribution is 5.76. The molecule has 25 heavy (non-hydrogen) atoms. The SMILES string of the molecule is O=C(CCc1ccc2c(c1)CCO2)NCCc1nc2ccccc2[nH]1. The fourth-order valence-corrected chi connectivity index (χ4v) is 3.19. The summed E-state index contributed by atoms with van der Waals surface area (Å²) in [5.74, 6) is 1.96. The Balaban J connectivity index is 1.24. The third-order valence-corrected chi connectivity index (χ3v) is 4.52. The number of imidazole rings is 1. The number of para-hydroxylation sites is 2. The van der Waals surface area contributed by atoms with Crippen LogP contribution in [-0.2, 0) is 24.1 Å². The molecule has 0 aliphatic carbocycles. The zero-order chi connectivity index (χ0) is 17.1. The Morgan fingerprint density at radius 3 is 3.04 bits per heavy atom. The molecule has 0 fully saturated rings. The number of nitrogens with zero attached hydrogens (tertiary/aromatic N) is 1. The maximum atomic E-state index is 12.0. The normalized spacial score (nSPS) is 12.8. The average Bonchev–Trinajstić information content (AvgIpc) is 3.25. The minimum absolute atomic E-state index is 0.0767. The lowest BCUT2D eigenvalue weighted by Crippen LogP contribution is -2.26. The maximum Gasteiger partial charge on any atom is 0.220 e. The summed E-state index contributed by atoms with van der Waals surface area (Å²) in [5.41, 5.74) is 4.44. The Morgan fingerprint density at radius 1 is 1.20 bits per heavy atom. The minimum atomic E-state index is 0.0767. The van der Waals surface area contributed by atoms with Gasteiger partial charge in [-0.15, -0.1) is 0 Å². The number of fused-ring (bicyclic) bond motifs is 2. The van der Waals surface area contributed by atoms with Crippen LogP contribution in [0.4, 0.5) is 0 Å². The van der Waals surface area contributed by atoms with Crippen molar-refractivity contribution >= 4 is 16.9 Å². The van der Waals surface area contributed by atoms with E-state index in [1.165, 1.54) is 11.1 Å². The lowest BCUT2D eigenvalue weighted by molar-refractivity contribution is -0.121. The van der Waals surface area contributed by atoms with Gasteiger partial charge in [-0.2, -0.15) is 0 Å². The minimum Gasteiger partial charge on any atom is -0.493 e. The Morgan fingerprint density at radius 2 is 2.12 bits per heavy atom. The monoisotopic (exact) mass is 335 g/mol. The lowest BCUT2D eigenvalue weighted by Gasteiger charge is -2.06. The van der Waals surface area contributed by atoms with E-state index in [1.54, 1.807) is 0 Å². The smallest absolute Gasteiger partial charge is 0.220 e. The molecular formula is C20H21N3O2. The molecule has 1 amide bonds. The van der Waals surface area contributed by atoms with Crippen molar-refractivity contribution in [1.29, 1.82) is 0 Å². The number of benzene rings is 2. The van der Waals surface area contributed by atoms with Crippen LogP contribution in [-0.4, -0.2) is 29.0 Å². The van der Waals surface area contributed by atoms with Crippen molar-refractivity contribution < 1.29 is 9.53 Å². The molecule has 3 aromatic rings. The Hall–Kier alpha value is -2.82. The number of hydrogen-bond acceptors (Lipinski definition) is 3. The van der Waals surface area contributed by atoms with Gasteiger partial charge in [0.1, 0.15) is 11.6 Å². The quantitative estimate of drug-likeness (QED) is 0.728. The van der Waals surface area contributed by atoms with Gasteiger partial charge in [0.05, 0.1) is 17.6 Å². The first-order valence-electron chi connectivity index (χ1n) is 8.73. The van der Waals surface area contributed by atoms with E-state index in [2.05, 4.69) is 21.4 Å². The molecule has 0 saturated carbocycles. The number of aromatic amines is 1. The zero-order valence-electron chi connectivity index (χ0n) is 14.0. The number of carbonyl (C=O) groups excluding carboxylic acids is 1. The lowest BCUT2D eigenvalue weighted by atomic mass is 10.0. The van der Waals surface area contributed by atoms with E-state index in [-0.39, 0.29) is 5.91 Å². The van der Waals surface area contributed by atoms with E-state index in [0.29, 0.717) is 19.4 Å². The van der Waals surface area contributed by atoms with Crippen molar-refractivity contribution in [2.45, 2.75) is 25.7 Å². The average molecular weight is 335 g/mol. The number of aryl methyl sites for hydroxylation is 1. The summed E-state index contributed by atoms with van der Waals surface area (Å²) in [4.78, 5) is 19.8. The molecule has 1 aromatic heterocycles. The van der Waals surface area contributed by atoms with Gasteiger partial charge < -0.3 is 15.0 Å². The number of hydrogen-bond donors (Lipinski definition) is 2. The van der Waals surface area contributed by atoms with Crippen LogP contribution in [0.15, 0.2) is 42.5 Å². The Kier molecular flexibility index (Phi) is 4.37. The predicted octanol–water partition coefficient (Wildman–Crippen LogP) is 2.79. The van der Waals surface area contributed by atoms with Gasteiger partial charge in [0.25, 0.3) is 0 Å². The second kappa shape index (κ2) is 6.97. The van der Waals surface area contributed by atoms with Crippen molar-refractivity contribution in [3.8, 4) is 5.75 Å². The van der Waals surface area contributed by atoms with E-state index >= 15 is 0 Å². The molecule has 0 unspecified atom stereocenters. The van der Waals surface area contributed by atoms with E-state index < -0.39 is 0 Å². The van der Waals surface area contributed by atoms with E-state index in [1.807, 2.05) is 36.4 Å². The van der Waals surface area contributed by atoms with E-state index in [4.69, 9.17) is 4.74 Å². The number of H-pyrrole nitrogens is 1. The molecule has 2 N–H and O–H groups in total. The first-order valence-corrected chi connectivity index (χ1v) is 8.73. The van der Waals surface area contributed by atoms with Crippen molar-refractivity contribution in [3.05, 3.63) is 59.4 Å². The molecule has 0 bridgehead atoms. The van der Waals surface area contributed by atoms with Crippen molar-refractivity contribution in [2.75, 3.05) is 13.2 Å². The fraction of sp³-hybridized carbons (Fsp3) is 0.300. The van der Waals surface area contributed by atoms with Crippen LogP contribution in [0.2, 0.25) is 0 Å². The summed E-state index contributed by atoms with van der Waals surface area (Å²) in [7, 11) is 0. The van der Waals surface area contributed by atoms with Crippen molar-refractivity contribution in [2.24, 2.45) is 0 Å². The van der Waals surface area contributed by atoms with Crippen LogP contribution >= 0.6 is 0 Å². The standard InChI is InChI=1S/C20H21N3O2/c24-20(8-6-14-5-7-18-15(13-14)10-12-25-18)21-11-9-19-22-16-3-1-2-4-17(16)23-19/h1-5,7,13H,6,8-12H2,(H,21,24)(H,22,23). The molecule has 0 atom stereocenters. The molecular weight excluding hydrogens is 314 g/mol. The van der Waals surface area contributed by atoms with Gasteiger partial charge in [-0.25, -0.2) is 4.98 Å². The van der Waals surface area contributed by atoms with Gasteiger partial charge in [0.2, 0.25) is 5.91 Å². The van der Waals surface area contributed by atoms with Crippen LogP contribution in [0, 0.1) is 0 Å². The number of rotatable bonds is 6. The van der Waals surface area contributed by atoms with Gasteiger partial charge in [0.15, 0.2) is 0 Å². The molecule has 0 spiro atoms. The van der Waals surface area contributed by atoms with Crippen LogP contribution in [0.1, 0.15) is 23.4 Å². The van der Waals surface area contributed by atoms with Crippen LogP contribution in [0.3, 0.4) is 0 Å². The number of carbonyl (C=O) groups is 1. The molecule has 128 valence electrons. The maximum absolute atomic E-state index is 12.0. The number of amides is 1. The summed E-state index contributed by atoms with van der Waals surface area (Å²) in [6.45, 7) is 1.36. The summed E-state index contributed by atoms with van der Waals surface area (Å²) in [5, 5.41) is 2.97. The number of ether oxygens (including phenoxy) is 1. The topological polar surface area (TPSA) is 67.0 Å². The van der Waals surface area contributed by atoms with E-state index in [9.17, 15) is 4.79 Å². The number of aromatic nitrogens is 2. The molecule has 1 aliphatic heterocycles. The van der Waals surface area contributed by atoms with Crippen molar-refractivity contribution in [1.82, 2.24) is 15.3 Å². The first kappa shape index (κ1) is 15.7. The summed E-state index contributed by atoms with van der Waals surface area (Å²) < 4.78 is 5.51. The van der Waals surface area contributed by atoms with Gasteiger partial charge in [0, 0.05) is 25.8 Å². The molecule has 5 heteroatoms. The fourth-order valence-electron chi connectivity index (χ4n) is 3.19. The van der Waals surface area contributed by atoms with Gasteiger partial charge in [-0.3, -0.25) is 4.79 Å². The summed E-state index contributed by atoms with van der Waals surface area (Å²) in [6.07, 6.45) is 2.92. The predicted molar refractivity (Wildman–Crippen MR) is 96.8 cm³/mol. The molecule has 4 rings (SSSR count). The molecule has 0 saturated heterocycles. The van der Waals surface area contributed by atoms with E-state index in [0.717, 1.165) is 42.1 Å². The summed E-state index contributed by atoms with van der Waals surface area (Å²) >= 11 is 0. The zero-order valence-corrected chi connectivity index (χ0v) is 14.0. The van der Waals surface area contributed by atoms with Gasteiger partial charge in [-0.1, -0.05) is 24.3 Å². The van der Waals surface area contributed by atoms with Gasteiger partial charge >= 0.3 is 0 Å². The molecule has 2 aromatic carbocycles. The third-order valence-electron chi connectivity index (χ3n) is 4.52. The van der Waals surface area contributed by atoms with Crippen molar-refractivity contribution in [3.63, 3.8) is 0 Å². The largest absolute Gasteiger partial charge is 0.493 e. The number of nitrogens with one attached hydrogen (secondary N) is 2. The molecule has 0 radical (unpaired) electrons. The summed E-state index contributed by atoms with van der Waals surface area (Å²) in [6, 6.07) is 14.2. The second-order valence-corrected chi connectivity index (χ2v) is 6.34. The van der Waals surface area contributed by atoms with Gasteiger partial charge in [-0.05, 0) is 35.7 Å². The highest BCUT2D eigenvalue weighted by atomic mass is 16.5. The van der Waals surface area contributed by atoms with Crippen LogP contribution in [0.25, 0.3) is 11.0 Å². The Labute approximate surface area is 146 Å².